The molecule has 0 aliphatic heterocycles. The van der Waals surface area contributed by atoms with Crippen LogP contribution >= 0.6 is 11.3 Å². The number of thiazole rings is 1. The summed E-state index contributed by atoms with van der Waals surface area (Å²) in [5, 5.41) is 5.71. The summed E-state index contributed by atoms with van der Waals surface area (Å²) in [6.45, 7) is 0.524. The summed E-state index contributed by atoms with van der Waals surface area (Å²) >= 11 is 1.22. The van der Waals surface area contributed by atoms with Crippen LogP contribution in [-0.2, 0) is 9.63 Å². The molecular formula is C9H12N4O2S. The molecule has 0 unspecified atom stereocenters. The molecule has 7 heteroatoms. The van der Waals surface area contributed by atoms with Crippen molar-refractivity contribution in [3.8, 4) is 0 Å². The Bertz CT molecular complexity index is 425. The number of anilines is 1. The lowest BCUT2D eigenvalue weighted by molar-refractivity contribution is -0.112. The Morgan fingerprint density at radius 3 is 2.94 bits per heavy atom. The Kier molecular flexibility index (Phi) is 3.04. The number of amides is 1. The third kappa shape index (κ3) is 2.69. The van der Waals surface area contributed by atoms with Gasteiger partial charge in [-0.05, 0) is 18.8 Å². The maximum absolute atomic E-state index is 11.1. The topological polar surface area (TPSA) is 104 Å². The fraction of sp³-hybridized carbons (Fsp3) is 0.444. The quantitative estimate of drug-likeness (QED) is 0.572. The minimum atomic E-state index is -0.666. The van der Waals surface area contributed by atoms with Crippen molar-refractivity contribution in [2.24, 2.45) is 16.8 Å². The first-order valence-electron chi connectivity index (χ1n) is 4.88. The molecule has 4 N–H and O–H groups in total. The number of carbonyl (C=O) groups is 1. The summed E-state index contributed by atoms with van der Waals surface area (Å²) in [7, 11) is 0. The minimum Gasteiger partial charge on any atom is -0.395 e. The average Bonchev–Trinajstić information content (AvgIpc) is 2.95. The van der Waals surface area contributed by atoms with E-state index in [1.54, 1.807) is 5.38 Å². The van der Waals surface area contributed by atoms with E-state index in [2.05, 4.69) is 10.1 Å². The number of rotatable bonds is 5. The molecule has 0 atom stereocenters. The zero-order chi connectivity index (χ0) is 11.5. The molecule has 1 fully saturated rings. The summed E-state index contributed by atoms with van der Waals surface area (Å²) in [5.41, 5.74) is 11.0. The van der Waals surface area contributed by atoms with E-state index in [9.17, 15) is 4.79 Å². The first kappa shape index (κ1) is 10.9. The molecule has 1 aromatic heterocycles. The molecule has 0 bridgehead atoms. The van der Waals surface area contributed by atoms with Crippen molar-refractivity contribution >= 4 is 28.1 Å². The monoisotopic (exact) mass is 240 g/mol. The normalized spacial score (nSPS) is 16.1. The van der Waals surface area contributed by atoms with Gasteiger partial charge in [-0.2, -0.15) is 0 Å². The lowest BCUT2D eigenvalue weighted by Gasteiger charge is -1.99. The number of nitrogens with two attached hydrogens (primary N) is 2. The Morgan fingerprint density at radius 1 is 1.69 bits per heavy atom. The zero-order valence-corrected chi connectivity index (χ0v) is 9.37. The van der Waals surface area contributed by atoms with Crippen LogP contribution in [-0.4, -0.2) is 23.2 Å². The third-order valence-corrected chi connectivity index (χ3v) is 2.83. The van der Waals surface area contributed by atoms with Crippen molar-refractivity contribution in [1.82, 2.24) is 4.98 Å². The van der Waals surface area contributed by atoms with Gasteiger partial charge in [0.1, 0.15) is 12.3 Å². The van der Waals surface area contributed by atoms with Gasteiger partial charge in [-0.3, -0.25) is 4.79 Å². The van der Waals surface area contributed by atoms with Crippen LogP contribution in [0.15, 0.2) is 10.5 Å². The van der Waals surface area contributed by atoms with E-state index in [4.69, 9.17) is 16.3 Å². The van der Waals surface area contributed by atoms with E-state index in [0.29, 0.717) is 23.4 Å². The molecule has 16 heavy (non-hydrogen) atoms. The Labute approximate surface area is 96.3 Å². The molecule has 0 spiro atoms. The lowest BCUT2D eigenvalue weighted by atomic mass is 10.3. The van der Waals surface area contributed by atoms with Gasteiger partial charge in [0.2, 0.25) is 0 Å². The predicted octanol–water partition coefficient (Wildman–Crippen LogP) is 0.341. The summed E-state index contributed by atoms with van der Waals surface area (Å²) in [5.74, 6) is -0.0977. The molecule has 1 heterocycles. The second-order valence-electron chi connectivity index (χ2n) is 3.61. The van der Waals surface area contributed by atoms with Gasteiger partial charge in [0, 0.05) is 5.38 Å². The van der Waals surface area contributed by atoms with E-state index >= 15 is 0 Å². The molecule has 1 aliphatic rings. The van der Waals surface area contributed by atoms with Gasteiger partial charge in [-0.1, -0.05) is 5.16 Å². The summed E-state index contributed by atoms with van der Waals surface area (Å²) in [6, 6.07) is 0. The van der Waals surface area contributed by atoms with E-state index in [1.807, 2.05) is 0 Å². The van der Waals surface area contributed by atoms with Crippen molar-refractivity contribution in [2.75, 3.05) is 12.3 Å². The minimum absolute atomic E-state index is 0.0219. The van der Waals surface area contributed by atoms with Crippen molar-refractivity contribution in [1.29, 1.82) is 0 Å². The molecule has 86 valence electrons. The predicted molar refractivity (Wildman–Crippen MR) is 60.9 cm³/mol. The van der Waals surface area contributed by atoms with Gasteiger partial charge >= 0.3 is 0 Å². The molecule has 1 saturated carbocycles. The van der Waals surface area contributed by atoms with E-state index in [1.165, 1.54) is 11.3 Å². The van der Waals surface area contributed by atoms with E-state index in [-0.39, 0.29) is 5.71 Å². The molecule has 0 saturated heterocycles. The van der Waals surface area contributed by atoms with Crippen molar-refractivity contribution in [2.45, 2.75) is 12.8 Å². The van der Waals surface area contributed by atoms with Gasteiger partial charge in [-0.15, -0.1) is 11.3 Å². The van der Waals surface area contributed by atoms with Crippen molar-refractivity contribution in [3.63, 3.8) is 0 Å². The highest BCUT2D eigenvalue weighted by Gasteiger charge is 2.22. The highest BCUT2D eigenvalue weighted by atomic mass is 32.1. The number of nitrogen functional groups attached to an aromatic ring is 1. The number of primary amides is 1. The maximum atomic E-state index is 11.1. The fourth-order valence-electron chi connectivity index (χ4n) is 1.11. The largest absolute Gasteiger partial charge is 0.395 e. The molecule has 1 amide bonds. The molecule has 1 aliphatic carbocycles. The highest BCUT2D eigenvalue weighted by molar-refractivity contribution is 7.13. The Balaban J connectivity index is 2.06. The van der Waals surface area contributed by atoms with Crippen LogP contribution in [0.5, 0.6) is 0 Å². The van der Waals surface area contributed by atoms with Gasteiger partial charge in [0.15, 0.2) is 10.8 Å². The van der Waals surface area contributed by atoms with Crippen molar-refractivity contribution < 1.29 is 9.63 Å². The van der Waals surface area contributed by atoms with Crippen molar-refractivity contribution in [3.05, 3.63) is 11.1 Å². The Hall–Kier alpha value is -1.63. The number of hydrogen-bond donors (Lipinski definition) is 2. The second kappa shape index (κ2) is 4.48. The molecule has 1 aromatic rings. The van der Waals surface area contributed by atoms with Gasteiger partial charge < -0.3 is 16.3 Å². The number of carbonyl (C=O) groups excluding carboxylic acids is 1. The van der Waals surface area contributed by atoms with E-state index < -0.39 is 5.91 Å². The van der Waals surface area contributed by atoms with Gasteiger partial charge in [-0.25, -0.2) is 4.98 Å². The zero-order valence-electron chi connectivity index (χ0n) is 8.55. The lowest BCUT2D eigenvalue weighted by Crippen LogP contribution is -2.25. The first-order valence-corrected chi connectivity index (χ1v) is 5.76. The van der Waals surface area contributed by atoms with Crippen LogP contribution in [0.25, 0.3) is 0 Å². The second-order valence-corrected chi connectivity index (χ2v) is 4.50. The SMILES string of the molecule is NC(=O)C(=NOCC1CC1)c1csc(N)n1. The summed E-state index contributed by atoms with van der Waals surface area (Å²) < 4.78 is 0. The molecule has 6 nitrogen and oxygen atoms in total. The summed E-state index contributed by atoms with van der Waals surface area (Å²) in [6.07, 6.45) is 2.32. The van der Waals surface area contributed by atoms with Crippen LogP contribution < -0.4 is 11.5 Å². The average molecular weight is 240 g/mol. The molecule has 0 aromatic carbocycles. The van der Waals surface area contributed by atoms with Crippen LogP contribution in [0.3, 0.4) is 0 Å². The van der Waals surface area contributed by atoms with E-state index in [0.717, 1.165) is 12.8 Å². The Morgan fingerprint density at radius 2 is 2.44 bits per heavy atom. The van der Waals surface area contributed by atoms with Crippen LogP contribution in [0.2, 0.25) is 0 Å². The van der Waals surface area contributed by atoms with Crippen LogP contribution in [0.1, 0.15) is 18.5 Å². The molecular weight excluding hydrogens is 228 g/mol. The van der Waals surface area contributed by atoms with Gasteiger partial charge in [0.05, 0.1) is 0 Å². The highest BCUT2D eigenvalue weighted by Crippen LogP contribution is 2.28. The smallest absolute Gasteiger partial charge is 0.273 e. The van der Waals surface area contributed by atoms with Gasteiger partial charge in [0.25, 0.3) is 5.91 Å². The standard InChI is InChI=1S/C9H12N4O2S/c10-8(14)7(6-4-16-9(11)12-6)13-15-3-5-1-2-5/h4-5H,1-3H2,(H2,10,14)(H2,11,12). The van der Waals surface area contributed by atoms with Crippen LogP contribution in [0.4, 0.5) is 5.13 Å². The molecule has 0 radical (unpaired) electrons. The summed E-state index contributed by atoms with van der Waals surface area (Å²) in [4.78, 5) is 20.1. The number of hydrogen-bond acceptors (Lipinski definition) is 6. The number of oxime groups is 1. The fourth-order valence-corrected chi connectivity index (χ4v) is 1.65. The maximum Gasteiger partial charge on any atom is 0.273 e. The first-order chi connectivity index (χ1) is 7.66. The van der Waals surface area contributed by atoms with Crippen LogP contribution in [0, 0.1) is 5.92 Å². The number of aromatic nitrogens is 1. The number of nitrogens with zero attached hydrogens (tertiary/aromatic N) is 2. The third-order valence-electron chi connectivity index (χ3n) is 2.16. The molecule has 2 rings (SSSR count).